The molecule has 0 aliphatic rings. The van der Waals surface area contributed by atoms with E-state index in [0.29, 0.717) is 29.0 Å². The van der Waals surface area contributed by atoms with E-state index in [1.54, 1.807) is 25.1 Å². The minimum Gasteiger partial charge on any atom is -0.488 e. The smallest absolute Gasteiger partial charge is 0.269 e. The fourth-order valence-electron chi connectivity index (χ4n) is 3.17. The average Bonchev–Trinajstić information content (AvgIpc) is 2.69. The number of rotatable bonds is 9. The number of aryl methyl sites for hydroxylation is 3. The van der Waals surface area contributed by atoms with Crippen molar-refractivity contribution in [3.63, 3.8) is 0 Å². The third-order valence-electron chi connectivity index (χ3n) is 4.75. The van der Waals surface area contributed by atoms with Gasteiger partial charge in [0.1, 0.15) is 29.7 Å². The van der Waals surface area contributed by atoms with E-state index >= 15 is 0 Å². The first-order chi connectivity index (χ1) is 14.0. The maximum absolute atomic E-state index is 11.7. The molecule has 1 unspecified atom stereocenters. The summed E-state index contributed by atoms with van der Waals surface area (Å²) < 4.78 is 5.74. The Kier molecular flexibility index (Phi) is 6.85. The molecule has 1 atom stereocenters. The standard InChI is InChI=1S/C22H28N4O3/c1-14-6-4-7-15(2)20(14)24-11-10-23-12-17(27)13-29-19-9-5-8-18-21(19)25-16(3)22(28)26-18/h4-9,17,23-24,27H,10-13H2,1-3H3,(H,26,28). The van der Waals surface area contributed by atoms with Crippen molar-refractivity contribution in [1.29, 1.82) is 0 Å². The summed E-state index contributed by atoms with van der Waals surface area (Å²) >= 11 is 0. The van der Waals surface area contributed by atoms with Crippen LogP contribution in [0, 0.1) is 20.8 Å². The van der Waals surface area contributed by atoms with Gasteiger partial charge in [-0.25, -0.2) is 4.98 Å². The van der Waals surface area contributed by atoms with E-state index in [0.717, 1.165) is 18.8 Å². The van der Waals surface area contributed by atoms with Crippen LogP contribution in [-0.2, 0) is 0 Å². The number of ether oxygens (including phenoxy) is 1. The fraction of sp³-hybridized carbons (Fsp3) is 0.364. The first kappa shape index (κ1) is 20.8. The predicted molar refractivity (Wildman–Crippen MR) is 116 cm³/mol. The first-order valence-corrected chi connectivity index (χ1v) is 9.77. The van der Waals surface area contributed by atoms with Crippen LogP contribution in [0.25, 0.3) is 11.0 Å². The van der Waals surface area contributed by atoms with Crippen molar-refractivity contribution in [3.8, 4) is 5.75 Å². The fourth-order valence-corrected chi connectivity index (χ4v) is 3.17. The lowest BCUT2D eigenvalue weighted by Gasteiger charge is -2.16. The summed E-state index contributed by atoms with van der Waals surface area (Å²) in [5.74, 6) is 0.539. The average molecular weight is 396 g/mol. The Balaban J connectivity index is 1.45. The van der Waals surface area contributed by atoms with Gasteiger partial charge in [0.15, 0.2) is 0 Å². The third kappa shape index (κ3) is 5.34. The van der Waals surface area contributed by atoms with Gasteiger partial charge in [-0.2, -0.15) is 0 Å². The third-order valence-corrected chi connectivity index (χ3v) is 4.75. The van der Waals surface area contributed by atoms with Crippen LogP contribution in [0.5, 0.6) is 5.75 Å². The molecular formula is C22H28N4O3. The Morgan fingerprint density at radius 1 is 1.10 bits per heavy atom. The maximum atomic E-state index is 11.7. The van der Waals surface area contributed by atoms with Gasteiger partial charge in [-0.15, -0.1) is 0 Å². The van der Waals surface area contributed by atoms with Crippen molar-refractivity contribution in [2.24, 2.45) is 0 Å². The number of fused-ring (bicyclic) bond motifs is 1. The molecule has 0 bridgehead atoms. The van der Waals surface area contributed by atoms with Gasteiger partial charge in [0, 0.05) is 25.3 Å². The second-order valence-corrected chi connectivity index (χ2v) is 7.17. The van der Waals surface area contributed by atoms with Crippen LogP contribution in [0.1, 0.15) is 16.8 Å². The van der Waals surface area contributed by atoms with Gasteiger partial charge >= 0.3 is 0 Å². The molecular weight excluding hydrogens is 368 g/mol. The van der Waals surface area contributed by atoms with Gasteiger partial charge < -0.3 is 25.5 Å². The Bertz CT molecular complexity index is 1010. The van der Waals surface area contributed by atoms with Crippen molar-refractivity contribution in [1.82, 2.24) is 15.3 Å². The van der Waals surface area contributed by atoms with Crippen molar-refractivity contribution < 1.29 is 9.84 Å². The summed E-state index contributed by atoms with van der Waals surface area (Å²) in [5, 5.41) is 16.9. The second-order valence-electron chi connectivity index (χ2n) is 7.17. The number of nitrogens with one attached hydrogen (secondary N) is 3. The van der Waals surface area contributed by atoms with Crippen LogP contribution in [-0.4, -0.2) is 47.4 Å². The lowest BCUT2D eigenvalue weighted by Crippen LogP contribution is -2.34. The lowest BCUT2D eigenvalue weighted by molar-refractivity contribution is 0.107. The van der Waals surface area contributed by atoms with Crippen LogP contribution in [0.15, 0.2) is 41.2 Å². The summed E-state index contributed by atoms with van der Waals surface area (Å²) in [6.07, 6.45) is -0.658. The maximum Gasteiger partial charge on any atom is 0.269 e. The Hall–Kier alpha value is -2.90. The molecule has 3 rings (SSSR count). The van der Waals surface area contributed by atoms with Gasteiger partial charge in [-0.1, -0.05) is 24.3 Å². The van der Waals surface area contributed by atoms with Crippen LogP contribution in [0.3, 0.4) is 0 Å². The van der Waals surface area contributed by atoms with Crippen LogP contribution in [0.4, 0.5) is 5.69 Å². The highest BCUT2D eigenvalue weighted by Crippen LogP contribution is 2.21. The Morgan fingerprint density at radius 2 is 1.83 bits per heavy atom. The number of para-hydroxylation sites is 2. The minimum atomic E-state index is -0.658. The zero-order chi connectivity index (χ0) is 20.8. The van der Waals surface area contributed by atoms with Gasteiger partial charge in [0.25, 0.3) is 5.56 Å². The predicted octanol–water partition coefficient (Wildman–Crippen LogP) is 2.29. The molecule has 7 heteroatoms. The van der Waals surface area contributed by atoms with E-state index in [-0.39, 0.29) is 12.2 Å². The van der Waals surface area contributed by atoms with Crippen molar-refractivity contribution in [3.05, 3.63) is 63.6 Å². The molecule has 0 spiro atoms. The highest BCUT2D eigenvalue weighted by Gasteiger charge is 2.10. The number of anilines is 1. The van der Waals surface area contributed by atoms with E-state index in [2.05, 4.69) is 52.6 Å². The van der Waals surface area contributed by atoms with Crippen molar-refractivity contribution >= 4 is 16.7 Å². The van der Waals surface area contributed by atoms with Crippen LogP contribution < -0.4 is 20.9 Å². The Labute approximate surface area is 170 Å². The number of aromatic nitrogens is 2. The molecule has 0 fully saturated rings. The molecule has 3 aromatic rings. The normalized spacial score (nSPS) is 12.1. The van der Waals surface area contributed by atoms with Crippen LogP contribution in [0.2, 0.25) is 0 Å². The molecule has 0 amide bonds. The van der Waals surface area contributed by atoms with Crippen molar-refractivity contribution in [2.45, 2.75) is 26.9 Å². The van der Waals surface area contributed by atoms with Gasteiger partial charge in [0.05, 0.1) is 5.52 Å². The van der Waals surface area contributed by atoms with Crippen molar-refractivity contribution in [2.75, 3.05) is 31.6 Å². The highest BCUT2D eigenvalue weighted by atomic mass is 16.5. The number of hydrogen-bond acceptors (Lipinski definition) is 6. The minimum absolute atomic E-state index is 0.135. The number of hydrogen-bond donors (Lipinski definition) is 4. The molecule has 0 aliphatic carbocycles. The van der Waals surface area contributed by atoms with Gasteiger partial charge in [-0.3, -0.25) is 4.79 Å². The Morgan fingerprint density at radius 3 is 2.59 bits per heavy atom. The summed E-state index contributed by atoms with van der Waals surface area (Å²) in [5.41, 5.74) is 4.97. The number of aromatic amines is 1. The molecule has 4 N–H and O–H groups in total. The molecule has 29 heavy (non-hydrogen) atoms. The van der Waals surface area contributed by atoms with E-state index < -0.39 is 6.10 Å². The SMILES string of the molecule is Cc1cccc(C)c1NCCNCC(O)COc1cccc2[nH]c(=O)c(C)nc12. The molecule has 0 radical (unpaired) electrons. The quantitative estimate of drug-likeness (QED) is 0.414. The number of benzene rings is 2. The summed E-state index contributed by atoms with van der Waals surface area (Å²) in [6, 6.07) is 11.6. The molecule has 154 valence electrons. The van der Waals surface area contributed by atoms with Gasteiger partial charge in [0.2, 0.25) is 0 Å². The molecule has 2 aromatic carbocycles. The summed E-state index contributed by atoms with van der Waals surface area (Å²) in [6.45, 7) is 7.87. The number of aliphatic hydroxyl groups excluding tert-OH is 1. The van der Waals surface area contributed by atoms with E-state index in [1.165, 1.54) is 11.1 Å². The zero-order valence-electron chi connectivity index (χ0n) is 17.1. The zero-order valence-corrected chi connectivity index (χ0v) is 17.1. The topological polar surface area (TPSA) is 99.3 Å². The van der Waals surface area contributed by atoms with Crippen LogP contribution >= 0.6 is 0 Å². The molecule has 0 saturated heterocycles. The molecule has 0 aliphatic heterocycles. The van der Waals surface area contributed by atoms with Gasteiger partial charge in [-0.05, 0) is 44.0 Å². The first-order valence-electron chi connectivity index (χ1n) is 9.77. The molecule has 0 saturated carbocycles. The summed E-state index contributed by atoms with van der Waals surface area (Å²) in [7, 11) is 0. The largest absolute Gasteiger partial charge is 0.488 e. The van der Waals surface area contributed by atoms with E-state index in [1.807, 2.05) is 0 Å². The van der Waals surface area contributed by atoms with E-state index in [9.17, 15) is 9.90 Å². The highest BCUT2D eigenvalue weighted by molar-refractivity contribution is 5.80. The monoisotopic (exact) mass is 396 g/mol. The number of H-pyrrole nitrogens is 1. The summed E-state index contributed by atoms with van der Waals surface area (Å²) in [4.78, 5) is 18.8. The molecule has 1 aromatic heterocycles. The lowest BCUT2D eigenvalue weighted by atomic mass is 10.1. The van der Waals surface area contributed by atoms with E-state index in [4.69, 9.17) is 4.74 Å². The number of aliphatic hydroxyl groups is 1. The number of nitrogens with zero attached hydrogens (tertiary/aromatic N) is 1. The molecule has 7 nitrogen and oxygen atoms in total. The second kappa shape index (κ2) is 9.54. The molecule has 1 heterocycles.